The van der Waals surface area contributed by atoms with Crippen LogP contribution in [-0.4, -0.2) is 21.2 Å². The van der Waals surface area contributed by atoms with Crippen LogP contribution in [0, 0.1) is 6.92 Å². The lowest BCUT2D eigenvalue weighted by atomic mass is 10.1. The fourth-order valence-corrected chi connectivity index (χ4v) is 2.07. The van der Waals surface area contributed by atoms with Crippen LogP contribution in [0.25, 0.3) is 0 Å². The zero-order chi connectivity index (χ0) is 16.1. The Balaban J connectivity index is 1.91. The van der Waals surface area contributed by atoms with E-state index in [1.54, 1.807) is 35.4 Å². The smallest absolute Gasteiger partial charge is 0.230 e. The summed E-state index contributed by atoms with van der Waals surface area (Å²) in [6, 6.07) is 16.8. The Kier molecular flexibility index (Phi) is 4.29. The van der Waals surface area contributed by atoms with Crippen molar-refractivity contribution in [3.05, 3.63) is 84.4 Å². The van der Waals surface area contributed by atoms with Crippen LogP contribution in [0.4, 0.5) is 5.69 Å². The van der Waals surface area contributed by atoms with Crippen molar-refractivity contribution in [1.29, 1.82) is 0 Å². The van der Waals surface area contributed by atoms with E-state index in [2.05, 4.69) is 15.5 Å². The van der Waals surface area contributed by atoms with E-state index >= 15 is 0 Å². The molecule has 1 aromatic heterocycles. The third-order valence-electron chi connectivity index (χ3n) is 3.33. The average molecular weight is 304 g/mol. The molecule has 0 unspecified atom stereocenters. The van der Waals surface area contributed by atoms with E-state index in [0.717, 1.165) is 11.3 Å². The third-order valence-corrected chi connectivity index (χ3v) is 3.33. The second kappa shape index (κ2) is 6.70. The number of hydrogen-bond acceptors (Lipinski definition) is 4. The van der Waals surface area contributed by atoms with E-state index in [1.807, 2.05) is 49.4 Å². The molecule has 5 heteroatoms. The number of aromatic nitrogens is 2. The van der Waals surface area contributed by atoms with Gasteiger partial charge in [-0.2, -0.15) is 5.10 Å². The van der Waals surface area contributed by atoms with E-state index in [-0.39, 0.29) is 11.6 Å². The minimum atomic E-state index is -0.178. The second-order valence-electron chi connectivity index (χ2n) is 5.08. The molecule has 0 fully saturated rings. The fraction of sp³-hybridized carbons (Fsp3) is 0.0556. The number of benzene rings is 2. The normalized spacial score (nSPS) is 11.3. The highest BCUT2D eigenvalue weighted by molar-refractivity contribution is 6.45. The van der Waals surface area contributed by atoms with Crippen molar-refractivity contribution >= 4 is 17.3 Å². The molecule has 0 aliphatic carbocycles. The molecule has 0 saturated carbocycles. The lowest BCUT2D eigenvalue weighted by molar-refractivity contribution is 0.106. The predicted octanol–water partition coefficient (Wildman–Crippen LogP) is 3.35. The van der Waals surface area contributed by atoms with Crippen molar-refractivity contribution in [3.8, 4) is 0 Å². The molecule has 0 radical (unpaired) electrons. The predicted molar refractivity (Wildman–Crippen MR) is 90.6 cm³/mol. The lowest BCUT2D eigenvalue weighted by Gasteiger charge is -2.08. The van der Waals surface area contributed by atoms with E-state index in [1.165, 1.54) is 0 Å². The highest BCUT2D eigenvalue weighted by atomic mass is 16.1. The number of rotatable bonds is 4. The highest BCUT2D eigenvalue weighted by Crippen LogP contribution is 2.10. The van der Waals surface area contributed by atoms with E-state index < -0.39 is 0 Å². The molecule has 0 saturated heterocycles. The first-order chi connectivity index (χ1) is 11.2. The zero-order valence-corrected chi connectivity index (χ0v) is 12.7. The molecule has 0 aliphatic rings. The van der Waals surface area contributed by atoms with Crippen molar-refractivity contribution in [2.75, 3.05) is 5.43 Å². The molecule has 0 amide bonds. The first kappa shape index (κ1) is 14.7. The number of imidazole rings is 1. The third kappa shape index (κ3) is 3.52. The Morgan fingerprint density at radius 1 is 1.09 bits per heavy atom. The van der Waals surface area contributed by atoms with E-state index in [0.29, 0.717) is 5.56 Å². The van der Waals surface area contributed by atoms with Crippen LogP contribution in [0.5, 0.6) is 0 Å². The summed E-state index contributed by atoms with van der Waals surface area (Å²) in [7, 11) is 0. The largest absolute Gasteiger partial charge is 0.286 e. The molecule has 3 rings (SSSR count). The molecule has 0 atom stereocenters. The Morgan fingerprint density at radius 2 is 1.83 bits per heavy atom. The van der Waals surface area contributed by atoms with Crippen LogP contribution < -0.4 is 5.43 Å². The summed E-state index contributed by atoms with van der Waals surface area (Å²) in [4.78, 5) is 16.7. The maximum Gasteiger partial charge on any atom is 0.230 e. The van der Waals surface area contributed by atoms with Gasteiger partial charge in [0, 0.05) is 18.0 Å². The molecule has 2 aromatic carbocycles. The molecule has 1 N–H and O–H groups in total. The number of nitrogens with zero attached hydrogens (tertiary/aromatic N) is 3. The minimum absolute atomic E-state index is 0.178. The second-order valence-corrected chi connectivity index (χ2v) is 5.08. The van der Waals surface area contributed by atoms with Gasteiger partial charge in [0.2, 0.25) is 11.6 Å². The van der Waals surface area contributed by atoms with Crippen LogP contribution in [0.2, 0.25) is 0 Å². The van der Waals surface area contributed by atoms with Crippen molar-refractivity contribution < 1.29 is 4.79 Å². The summed E-state index contributed by atoms with van der Waals surface area (Å²) in [5.74, 6) is 0.0810. The number of carbonyl (C=O) groups excluding carboxylic acids is 1. The first-order valence-electron chi connectivity index (χ1n) is 7.22. The molecule has 5 nitrogen and oxygen atoms in total. The number of carbonyl (C=O) groups is 1. The molecule has 0 aliphatic heterocycles. The topological polar surface area (TPSA) is 59.3 Å². The lowest BCUT2D eigenvalue weighted by Crippen LogP contribution is -2.23. The van der Waals surface area contributed by atoms with Gasteiger partial charge in [-0.3, -0.25) is 14.8 Å². The van der Waals surface area contributed by atoms with Crippen LogP contribution in [0.3, 0.4) is 0 Å². The van der Waals surface area contributed by atoms with Gasteiger partial charge in [-0.15, -0.1) is 0 Å². The fourth-order valence-electron chi connectivity index (χ4n) is 2.07. The van der Waals surface area contributed by atoms with Crippen molar-refractivity contribution in [2.45, 2.75) is 6.92 Å². The van der Waals surface area contributed by atoms with Crippen LogP contribution in [-0.2, 0) is 0 Å². The summed E-state index contributed by atoms with van der Waals surface area (Å²) in [6.07, 6.45) is 4.85. The molecule has 23 heavy (non-hydrogen) atoms. The van der Waals surface area contributed by atoms with Gasteiger partial charge in [0.25, 0.3) is 0 Å². The Hall–Kier alpha value is -3.21. The quantitative estimate of drug-likeness (QED) is 0.348. The minimum Gasteiger partial charge on any atom is -0.286 e. The molecule has 1 heterocycles. The van der Waals surface area contributed by atoms with Crippen LogP contribution in [0.1, 0.15) is 15.9 Å². The number of hydrazone groups is 1. The molecule has 3 aromatic rings. The maximum atomic E-state index is 12.7. The molecule has 0 spiro atoms. The number of hydrogen-bond donors (Lipinski definition) is 1. The number of anilines is 1. The Morgan fingerprint density at radius 3 is 2.48 bits per heavy atom. The molecular formula is C18H16N4O. The van der Waals surface area contributed by atoms with Gasteiger partial charge >= 0.3 is 0 Å². The highest BCUT2D eigenvalue weighted by Gasteiger charge is 2.15. The molecule has 0 bridgehead atoms. The van der Waals surface area contributed by atoms with Gasteiger partial charge in [0.15, 0.2) is 0 Å². The summed E-state index contributed by atoms with van der Waals surface area (Å²) in [6.45, 7) is 2.02. The van der Waals surface area contributed by atoms with E-state index in [9.17, 15) is 4.79 Å². The first-order valence-corrected chi connectivity index (χ1v) is 7.22. The Labute approximate surface area is 134 Å². The van der Waals surface area contributed by atoms with Crippen LogP contribution >= 0.6 is 0 Å². The number of nitrogens with one attached hydrogen (secondary N) is 1. The van der Waals surface area contributed by atoms with Gasteiger partial charge in [0.05, 0.1) is 5.69 Å². The van der Waals surface area contributed by atoms with Crippen molar-refractivity contribution in [2.24, 2.45) is 5.10 Å². The summed E-state index contributed by atoms with van der Waals surface area (Å²) < 4.78 is 1.59. The summed E-state index contributed by atoms with van der Waals surface area (Å²) >= 11 is 0. The van der Waals surface area contributed by atoms with E-state index in [4.69, 9.17) is 0 Å². The summed E-state index contributed by atoms with van der Waals surface area (Å²) in [5, 5.41) is 4.28. The number of ketones is 1. The Bertz CT molecular complexity index is 806. The van der Waals surface area contributed by atoms with Gasteiger partial charge in [-0.25, -0.2) is 4.98 Å². The monoisotopic (exact) mass is 304 g/mol. The average Bonchev–Trinajstić information content (AvgIpc) is 3.12. The number of Topliss-reactive ketones (excluding diaryl/α,β-unsaturated/α-hetero) is 1. The van der Waals surface area contributed by atoms with Gasteiger partial charge in [0.1, 0.15) is 6.33 Å². The van der Waals surface area contributed by atoms with Crippen LogP contribution in [0.15, 0.2) is 78.4 Å². The van der Waals surface area contributed by atoms with Gasteiger partial charge in [-0.05, 0) is 19.1 Å². The van der Waals surface area contributed by atoms with Gasteiger partial charge in [-0.1, -0.05) is 48.0 Å². The number of aryl methyl sites for hydroxylation is 1. The standard InChI is InChI=1S/C18H16N4O/c1-14-7-9-16(10-8-14)20-21-18(22-12-11-19-13-22)17(23)15-5-3-2-4-6-15/h2-13,20H,1H3/b21-18+. The van der Waals surface area contributed by atoms with Crippen molar-refractivity contribution in [3.63, 3.8) is 0 Å². The van der Waals surface area contributed by atoms with Gasteiger partial charge < -0.3 is 0 Å². The molecule has 114 valence electrons. The van der Waals surface area contributed by atoms with Crippen molar-refractivity contribution in [1.82, 2.24) is 9.55 Å². The SMILES string of the molecule is Cc1ccc(N/N=C(\C(=O)c2ccccc2)n2ccnc2)cc1. The molecular weight excluding hydrogens is 288 g/mol. The summed E-state index contributed by atoms with van der Waals surface area (Å²) in [5.41, 5.74) is 5.48. The zero-order valence-electron chi connectivity index (χ0n) is 12.7. The maximum absolute atomic E-state index is 12.7.